The Balaban J connectivity index is 1.38. The van der Waals surface area contributed by atoms with Crippen molar-refractivity contribution in [2.75, 3.05) is 51.6 Å². The van der Waals surface area contributed by atoms with E-state index in [9.17, 15) is 14.3 Å². The van der Waals surface area contributed by atoms with Gasteiger partial charge in [-0.15, -0.1) is 0 Å². The van der Waals surface area contributed by atoms with Crippen molar-refractivity contribution in [3.63, 3.8) is 0 Å². The van der Waals surface area contributed by atoms with Crippen LogP contribution < -0.4 is 5.32 Å². The largest absolute Gasteiger partial charge is 0.390 e. The highest BCUT2D eigenvalue weighted by molar-refractivity contribution is 5.94. The Labute approximate surface area is 184 Å². The second kappa shape index (κ2) is 11.3. The van der Waals surface area contributed by atoms with Crippen LogP contribution in [0.4, 0.5) is 10.1 Å². The predicted molar refractivity (Wildman–Crippen MR) is 121 cm³/mol. The molecule has 6 nitrogen and oxygen atoms in total. The summed E-state index contributed by atoms with van der Waals surface area (Å²) in [7, 11) is 2.02. The van der Waals surface area contributed by atoms with Crippen LogP contribution in [0.15, 0.2) is 54.6 Å². The maximum atomic E-state index is 13.3. The second-order valence-electron chi connectivity index (χ2n) is 8.35. The lowest BCUT2D eigenvalue weighted by molar-refractivity contribution is -0.121. The lowest BCUT2D eigenvalue weighted by Gasteiger charge is -2.38. The normalized spacial score (nSPS) is 17.5. The molecular formula is C24H33FN4O2. The van der Waals surface area contributed by atoms with Gasteiger partial charge in [-0.2, -0.15) is 0 Å². The molecule has 3 rings (SSSR count). The van der Waals surface area contributed by atoms with Crippen LogP contribution >= 0.6 is 0 Å². The van der Waals surface area contributed by atoms with Gasteiger partial charge in [-0.05, 0) is 37.7 Å². The van der Waals surface area contributed by atoms with Crippen LogP contribution in [-0.2, 0) is 11.3 Å². The van der Waals surface area contributed by atoms with Gasteiger partial charge in [-0.3, -0.25) is 19.5 Å². The number of β-amino-alcohol motifs (C(OH)–C–C–N with tert-alkyl or cyclic N) is 1. The van der Waals surface area contributed by atoms with Gasteiger partial charge in [-0.1, -0.05) is 36.4 Å². The summed E-state index contributed by atoms with van der Waals surface area (Å²) in [5.74, 6) is -0.506. The van der Waals surface area contributed by atoms with Crippen LogP contribution in [0.3, 0.4) is 0 Å². The van der Waals surface area contributed by atoms with Crippen molar-refractivity contribution in [1.82, 2.24) is 14.7 Å². The zero-order chi connectivity index (χ0) is 22.2. The number of nitrogens with one attached hydrogen (secondary N) is 1. The van der Waals surface area contributed by atoms with E-state index in [1.54, 1.807) is 12.1 Å². The summed E-state index contributed by atoms with van der Waals surface area (Å²) in [5, 5.41) is 13.3. The number of carbonyl (C=O) groups is 1. The summed E-state index contributed by atoms with van der Waals surface area (Å²) in [5.41, 5.74) is 1.70. The molecule has 2 aromatic rings. The number of anilines is 1. The maximum absolute atomic E-state index is 13.3. The molecule has 7 heteroatoms. The third-order valence-corrected chi connectivity index (χ3v) is 5.71. The molecule has 0 bridgehead atoms. The molecule has 0 saturated carbocycles. The molecule has 2 aromatic carbocycles. The SMILES string of the molecule is CC(C(=O)Nc1cccc(F)c1)N1CCN(CC(O)CN(C)Cc2ccccc2)CC1. The van der Waals surface area contributed by atoms with Crippen molar-refractivity contribution in [3.8, 4) is 0 Å². The van der Waals surface area contributed by atoms with E-state index in [0.717, 1.165) is 32.7 Å². The summed E-state index contributed by atoms with van der Waals surface area (Å²) in [4.78, 5) is 19.0. The van der Waals surface area contributed by atoms with Crippen LogP contribution in [0.5, 0.6) is 0 Å². The molecule has 168 valence electrons. The third kappa shape index (κ3) is 7.40. The summed E-state index contributed by atoms with van der Waals surface area (Å²) in [6.07, 6.45) is -0.422. The number of benzene rings is 2. The molecule has 1 fully saturated rings. The van der Waals surface area contributed by atoms with Crippen molar-refractivity contribution < 1.29 is 14.3 Å². The molecule has 0 aromatic heterocycles. The van der Waals surface area contributed by atoms with Gasteiger partial charge in [0.15, 0.2) is 0 Å². The number of halogens is 1. The zero-order valence-corrected chi connectivity index (χ0v) is 18.4. The first-order valence-electron chi connectivity index (χ1n) is 10.8. The molecule has 0 radical (unpaired) electrons. The summed E-state index contributed by atoms with van der Waals surface area (Å²) in [6, 6.07) is 15.9. The van der Waals surface area contributed by atoms with Crippen LogP contribution in [0, 0.1) is 5.82 Å². The number of carbonyl (C=O) groups excluding carboxylic acids is 1. The number of aliphatic hydroxyl groups is 1. The molecule has 2 N–H and O–H groups in total. The Hall–Kier alpha value is -2.32. The average Bonchev–Trinajstić information content (AvgIpc) is 2.74. The Morgan fingerprint density at radius 2 is 1.84 bits per heavy atom. The summed E-state index contributed by atoms with van der Waals surface area (Å²) < 4.78 is 13.3. The second-order valence-corrected chi connectivity index (χ2v) is 8.35. The van der Waals surface area contributed by atoms with Crippen LogP contribution in [0.2, 0.25) is 0 Å². The van der Waals surface area contributed by atoms with Gasteiger partial charge in [0.05, 0.1) is 12.1 Å². The molecule has 0 spiro atoms. The van der Waals surface area contributed by atoms with E-state index in [2.05, 4.69) is 32.1 Å². The minimum atomic E-state index is -0.422. The van der Waals surface area contributed by atoms with Crippen LogP contribution in [0.25, 0.3) is 0 Å². The van der Waals surface area contributed by atoms with E-state index in [1.165, 1.54) is 17.7 Å². The topological polar surface area (TPSA) is 59.1 Å². The third-order valence-electron chi connectivity index (χ3n) is 5.71. The summed E-state index contributed by atoms with van der Waals surface area (Å²) >= 11 is 0. The fourth-order valence-electron chi connectivity index (χ4n) is 3.99. The number of aliphatic hydroxyl groups excluding tert-OH is 1. The van der Waals surface area contributed by atoms with E-state index < -0.39 is 6.10 Å². The first-order valence-corrected chi connectivity index (χ1v) is 10.8. The number of rotatable bonds is 9. The van der Waals surface area contributed by atoms with Crippen molar-refractivity contribution in [1.29, 1.82) is 0 Å². The van der Waals surface area contributed by atoms with Crippen molar-refractivity contribution in [2.24, 2.45) is 0 Å². The van der Waals surface area contributed by atoms with Crippen molar-refractivity contribution in [3.05, 3.63) is 66.0 Å². The van der Waals surface area contributed by atoms with Gasteiger partial charge in [0, 0.05) is 51.5 Å². The predicted octanol–water partition coefficient (Wildman–Crippen LogP) is 2.26. The number of likely N-dealkylation sites (N-methyl/N-ethyl adjacent to an activating group) is 1. The number of hydrogen-bond acceptors (Lipinski definition) is 5. The van der Waals surface area contributed by atoms with Gasteiger partial charge < -0.3 is 10.4 Å². The van der Waals surface area contributed by atoms with E-state index in [1.807, 2.05) is 32.2 Å². The lowest BCUT2D eigenvalue weighted by Crippen LogP contribution is -2.54. The van der Waals surface area contributed by atoms with E-state index in [0.29, 0.717) is 18.8 Å². The lowest BCUT2D eigenvalue weighted by atomic mass is 10.2. The molecule has 0 aliphatic carbocycles. The van der Waals surface area contributed by atoms with Gasteiger partial charge >= 0.3 is 0 Å². The monoisotopic (exact) mass is 428 g/mol. The van der Waals surface area contributed by atoms with Gasteiger partial charge in [0.2, 0.25) is 5.91 Å². The number of piperazine rings is 1. The molecule has 1 aliphatic rings. The molecule has 1 aliphatic heterocycles. The molecule has 1 saturated heterocycles. The van der Waals surface area contributed by atoms with Crippen LogP contribution in [-0.4, -0.2) is 84.2 Å². The average molecular weight is 429 g/mol. The van der Waals surface area contributed by atoms with Crippen molar-refractivity contribution >= 4 is 11.6 Å². The summed E-state index contributed by atoms with van der Waals surface area (Å²) in [6.45, 7) is 7.03. The maximum Gasteiger partial charge on any atom is 0.241 e. The highest BCUT2D eigenvalue weighted by atomic mass is 19.1. The smallest absolute Gasteiger partial charge is 0.241 e. The van der Waals surface area contributed by atoms with E-state index in [4.69, 9.17) is 0 Å². The fourth-order valence-corrected chi connectivity index (χ4v) is 3.99. The minimum Gasteiger partial charge on any atom is -0.390 e. The first kappa shape index (κ1) is 23.3. The quantitative estimate of drug-likeness (QED) is 0.642. The molecule has 1 heterocycles. The molecule has 31 heavy (non-hydrogen) atoms. The standard InChI is InChI=1S/C24H33FN4O2/c1-19(24(31)26-22-10-6-9-21(25)15-22)29-13-11-28(12-14-29)18-23(30)17-27(2)16-20-7-4-3-5-8-20/h3-10,15,19,23,30H,11-14,16-18H2,1-2H3,(H,26,31). The molecule has 2 atom stereocenters. The zero-order valence-electron chi connectivity index (χ0n) is 18.4. The Morgan fingerprint density at radius 3 is 2.52 bits per heavy atom. The first-order chi connectivity index (χ1) is 14.9. The van der Waals surface area contributed by atoms with E-state index >= 15 is 0 Å². The number of hydrogen-bond donors (Lipinski definition) is 2. The molecule has 2 unspecified atom stereocenters. The Bertz CT molecular complexity index is 827. The Kier molecular flexibility index (Phi) is 8.54. The highest BCUT2D eigenvalue weighted by Gasteiger charge is 2.26. The van der Waals surface area contributed by atoms with Crippen LogP contribution in [0.1, 0.15) is 12.5 Å². The minimum absolute atomic E-state index is 0.137. The van der Waals surface area contributed by atoms with Gasteiger partial charge in [0.1, 0.15) is 5.82 Å². The molecular weight excluding hydrogens is 395 g/mol. The molecule has 1 amide bonds. The van der Waals surface area contributed by atoms with E-state index in [-0.39, 0.29) is 17.8 Å². The van der Waals surface area contributed by atoms with Crippen molar-refractivity contribution in [2.45, 2.75) is 25.6 Å². The number of nitrogens with zero attached hydrogens (tertiary/aromatic N) is 3. The Morgan fingerprint density at radius 1 is 1.13 bits per heavy atom. The number of amides is 1. The van der Waals surface area contributed by atoms with Gasteiger partial charge in [-0.25, -0.2) is 4.39 Å². The highest BCUT2D eigenvalue weighted by Crippen LogP contribution is 2.13. The fraction of sp³-hybridized carbons (Fsp3) is 0.458. The van der Waals surface area contributed by atoms with Gasteiger partial charge in [0.25, 0.3) is 0 Å².